The molecule has 0 radical (unpaired) electrons. The molecule has 1 N–H and O–H groups in total. The molecule has 3 heterocycles. The van der Waals surface area contributed by atoms with Crippen molar-refractivity contribution in [2.24, 2.45) is 0 Å². The van der Waals surface area contributed by atoms with Crippen molar-refractivity contribution in [1.29, 1.82) is 0 Å². The molecule has 0 fully saturated rings. The van der Waals surface area contributed by atoms with Crippen molar-refractivity contribution in [3.05, 3.63) is 60.4 Å². The average Bonchev–Trinajstić information content (AvgIpc) is 3.12. The Morgan fingerprint density at radius 3 is 2.72 bits per heavy atom. The zero-order valence-electron chi connectivity index (χ0n) is 15.2. The van der Waals surface area contributed by atoms with Gasteiger partial charge in [0, 0.05) is 28.5 Å². The van der Waals surface area contributed by atoms with Crippen molar-refractivity contribution < 1.29 is 13.2 Å². The van der Waals surface area contributed by atoms with Crippen LogP contribution in [0, 0.1) is 6.92 Å². The second-order valence-corrected chi connectivity index (χ2v) is 8.29. The number of hydrogen-bond acceptors (Lipinski definition) is 6. The van der Waals surface area contributed by atoms with Crippen LogP contribution in [0.15, 0.2) is 59.8 Å². The molecular formula is C20H15F3N4S2. The number of benzene rings is 1. The number of hydrogen-bond donors (Lipinski definition) is 1. The molecular weight excluding hydrogens is 417 g/mol. The van der Waals surface area contributed by atoms with Crippen molar-refractivity contribution in [3.8, 4) is 10.6 Å². The minimum atomic E-state index is -4.20. The molecule has 4 nitrogen and oxygen atoms in total. The first-order chi connectivity index (χ1) is 13.9. The Morgan fingerprint density at radius 1 is 1.10 bits per heavy atom. The van der Waals surface area contributed by atoms with Crippen LogP contribution >= 0.6 is 23.1 Å². The molecule has 0 aliphatic carbocycles. The largest absolute Gasteiger partial charge is 0.398 e. The molecule has 29 heavy (non-hydrogen) atoms. The molecule has 1 aromatic carbocycles. The topological polar surface area (TPSA) is 50.7 Å². The Hall–Kier alpha value is -2.65. The number of anilines is 2. The van der Waals surface area contributed by atoms with Gasteiger partial charge in [-0.3, -0.25) is 4.98 Å². The first kappa shape index (κ1) is 19.7. The number of pyridine rings is 2. The molecule has 0 atom stereocenters. The molecule has 0 amide bonds. The molecule has 9 heteroatoms. The van der Waals surface area contributed by atoms with Gasteiger partial charge in [0.1, 0.15) is 21.2 Å². The summed E-state index contributed by atoms with van der Waals surface area (Å²) >= 11 is 2.24. The third kappa shape index (κ3) is 4.86. The predicted molar refractivity (Wildman–Crippen MR) is 112 cm³/mol. The number of thioether (sulfide) groups is 1. The Kier molecular flexibility index (Phi) is 5.42. The number of nitrogens with zero attached hydrogens (tertiary/aromatic N) is 3. The molecule has 4 aromatic rings. The van der Waals surface area contributed by atoms with Crippen LogP contribution in [0.3, 0.4) is 0 Å². The van der Waals surface area contributed by atoms with Gasteiger partial charge in [0.2, 0.25) is 0 Å². The highest BCUT2D eigenvalue weighted by molar-refractivity contribution is 7.99. The van der Waals surface area contributed by atoms with Gasteiger partial charge in [-0.1, -0.05) is 17.4 Å². The second-order valence-electron chi connectivity index (χ2n) is 6.29. The van der Waals surface area contributed by atoms with Gasteiger partial charge in [0.15, 0.2) is 0 Å². The number of nitrogens with one attached hydrogen (secondary N) is 1. The molecule has 0 saturated carbocycles. The Labute approximate surface area is 173 Å². The fraction of sp³-hybridized carbons (Fsp3) is 0.150. The molecule has 0 spiro atoms. The van der Waals surface area contributed by atoms with Gasteiger partial charge in [-0.2, -0.15) is 13.2 Å². The van der Waals surface area contributed by atoms with Gasteiger partial charge in [-0.05, 0) is 48.9 Å². The van der Waals surface area contributed by atoms with E-state index in [9.17, 15) is 13.2 Å². The van der Waals surface area contributed by atoms with E-state index in [2.05, 4.69) is 20.3 Å². The Balaban J connectivity index is 1.56. The zero-order valence-corrected chi connectivity index (χ0v) is 16.8. The maximum Gasteiger partial charge on any atom is 0.398 e. The maximum atomic E-state index is 12.5. The van der Waals surface area contributed by atoms with E-state index < -0.39 is 11.9 Å². The van der Waals surface area contributed by atoms with Crippen LogP contribution in [0.1, 0.15) is 5.56 Å². The lowest BCUT2D eigenvalue weighted by molar-refractivity contribution is -0.105. The minimum Gasteiger partial charge on any atom is -0.340 e. The second kappa shape index (κ2) is 8.00. The van der Waals surface area contributed by atoms with Gasteiger partial charge in [-0.15, -0.1) is 11.8 Å². The van der Waals surface area contributed by atoms with E-state index in [4.69, 9.17) is 0 Å². The number of halogens is 3. The number of aromatic nitrogens is 3. The monoisotopic (exact) mass is 432 g/mol. The molecule has 0 unspecified atom stereocenters. The molecule has 148 valence electrons. The third-order valence-electron chi connectivity index (χ3n) is 4.02. The van der Waals surface area contributed by atoms with Crippen LogP contribution in [0.5, 0.6) is 0 Å². The lowest BCUT2D eigenvalue weighted by Crippen LogP contribution is -2.10. The molecule has 0 bridgehead atoms. The number of rotatable bonds is 5. The van der Waals surface area contributed by atoms with Crippen LogP contribution < -0.4 is 5.32 Å². The molecule has 4 rings (SSSR count). The summed E-state index contributed by atoms with van der Waals surface area (Å²) in [6, 6.07) is 12.8. The summed E-state index contributed by atoms with van der Waals surface area (Å²) in [5, 5.41) is 4.00. The van der Waals surface area contributed by atoms with Gasteiger partial charge >= 0.3 is 6.18 Å². The summed E-state index contributed by atoms with van der Waals surface area (Å²) in [5.74, 6) is -0.311. The lowest BCUT2D eigenvalue weighted by atomic mass is 10.2. The van der Waals surface area contributed by atoms with Crippen LogP contribution in [-0.4, -0.2) is 26.9 Å². The standard InChI is InChI=1S/C20H15F3N4S2/c1-12-4-5-14(9-16(12)28-11-20(21,22)23)25-17-7-6-15-19(27-17)29-18(26-15)13-3-2-8-24-10-13/h2-10H,11H2,1H3,(H,25,27). The molecule has 0 aliphatic heterocycles. The van der Waals surface area contributed by atoms with E-state index in [0.717, 1.165) is 38.2 Å². The lowest BCUT2D eigenvalue weighted by Gasteiger charge is -2.11. The summed E-state index contributed by atoms with van der Waals surface area (Å²) in [6.07, 6.45) is -0.742. The summed E-state index contributed by atoms with van der Waals surface area (Å²) < 4.78 is 37.6. The fourth-order valence-corrected chi connectivity index (χ4v) is 4.39. The highest BCUT2D eigenvalue weighted by Crippen LogP contribution is 2.33. The highest BCUT2D eigenvalue weighted by atomic mass is 32.2. The van der Waals surface area contributed by atoms with E-state index in [0.29, 0.717) is 16.4 Å². The molecule has 0 saturated heterocycles. The maximum absolute atomic E-state index is 12.5. The van der Waals surface area contributed by atoms with Crippen molar-refractivity contribution in [2.75, 3.05) is 11.1 Å². The van der Waals surface area contributed by atoms with Gasteiger partial charge < -0.3 is 5.32 Å². The van der Waals surface area contributed by atoms with Gasteiger partial charge in [0.25, 0.3) is 0 Å². The van der Waals surface area contributed by atoms with Crippen molar-refractivity contribution in [3.63, 3.8) is 0 Å². The summed E-state index contributed by atoms with van der Waals surface area (Å²) in [7, 11) is 0. The Morgan fingerprint density at radius 2 is 1.97 bits per heavy atom. The smallest absolute Gasteiger partial charge is 0.340 e. The summed E-state index contributed by atoms with van der Waals surface area (Å²) in [5.41, 5.74) is 3.19. The average molecular weight is 432 g/mol. The van der Waals surface area contributed by atoms with Crippen molar-refractivity contribution >= 4 is 45.0 Å². The number of fused-ring (bicyclic) bond motifs is 1. The van der Waals surface area contributed by atoms with Crippen molar-refractivity contribution in [1.82, 2.24) is 15.0 Å². The summed E-state index contributed by atoms with van der Waals surface area (Å²) in [4.78, 5) is 14.6. The van der Waals surface area contributed by atoms with E-state index in [-0.39, 0.29) is 0 Å². The van der Waals surface area contributed by atoms with Crippen LogP contribution in [0.2, 0.25) is 0 Å². The van der Waals surface area contributed by atoms with Crippen LogP contribution in [0.4, 0.5) is 24.7 Å². The normalized spacial score (nSPS) is 11.7. The highest BCUT2D eigenvalue weighted by Gasteiger charge is 2.27. The van der Waals surface area contributed by atoms with E-state index in [1.54, 1.807) is 37.5 Å². The predicted octanol–water partition coefficient (Wildman–Crippen LogP) is 6.46. The summed E-state index contributed by atoms with van der Waals surface area (Å²) in [6.45, 7) is 1.80. The quantitative estimate of drug-likeness (QED) is 0.367. The van der Waals surface area contributed by atoms with Gasteiger partial charge in [-0.25, -0.2) is 9.97 Å². The Bertz CT molecular complexity index is 1140. The van der Waals surface area contributed by atoms with E-state index in [1.165, 1.54) is 11.3 Å². The molecule has 0 aliphatic rings. The van der Waals surface area contributed by atoms with Crippen LogP contribution in [0.25, 0.3) is 20.9 Å². The van der Waals surface area contributed by atoms with E-state index in [1.807, 2.05) is 24.3 Å². The van der Waals surface area contributed by atoms with Crippen molar-refractivity contribution in [2.45, 2.75) is 18.0 Å². The van der Waals surface area contributed by atoms with E-state index >= 15 is 0 Å². The first-order valence-corrected chi connectivity index (χ1v) is 10.4. The number of aryl methyl sites for hydroxylation is 1. The first-order valence-electron chi connectivity index (χ1n) is 8.63. The minimum absolute atomic E-state index is 0.588. The van der Waals surface area contributed by atoms with Gasteiger partial charge in [0.05, 0.1) is 5.75 Å². The zero-order chi connectivity index (χ0) is 20.4. The molecule has 3 aromatic heterocycles. The number of thiazole rings is 1. The SMILES string of the molecule is Cc1ccc(Nc2ccc3nc(-c4cccnc4)sc3n2)cc1SCC(F)(F)F. The number of alkyl halides is 3. The third-order valence-corrected chi connectivity index (χ3v) is 6.25. The fourth-order valence-electron chi connectivity index (χ4n) is 2.64. The van der Waals surface area contributed by atoms with Crippen LogP contribution in [-0.2, 0) is 0 Å².